The molecule has 0 aliphatic carbocycles. The summed E-state index contributed by atoms with van der Waals surface area (Å²) in [4.78, 5) is 13.8. The summed E-state index contributed by atoms with van der Waals surface area (Å²) in [5.41, 5.74) is 0.882. The van der Waals surface area contributed by atoms with Crippen LogP contribution in [0.25, 0.3) is 11.0 Å². The molecule has 0 spiro atoms. The Balaban J connectivity index is 2.11. The van der Waals surface area contributed by atoms with E-state index >= 15 is 0 Å². The van der Waals surface area contributed by atoms with E-state index in [-0.39, 0.29) is 0 Å². The summed E-state index contributed by atoms with van der Waals surface area (Å²) < 4.78 is 1.14. The number of halogens is 1. The number of hydrogen-bond donors (Lipinski definition) is 1. The first-order valence-corrected chi connectivity index (χ1v) is 6.67. The smallest absolute Gasteiger partial charge is 0.145 e. The fourth-order valence-electron chi connectivity index (χ4n) is 1.72. The second-order valence-electron chi connectivity index (χ2n) is 3.41. The second-order valence-corrected chi connectivity index (χ2v) is 5.93. The fraction of sp³-hybridized carbons (Fsp3) is 0.200. The molecule has 4 nitrogen and oxygen atoms in total. The van der Waals surface area contributed by atoms with Crippen molar-refractivity contribution in [3.05, 3.63) is 28.6 Å². The van der Waals surface area contributed by atoms with E-state index in [0.29, 0.717) is 0 Å². The van der Waals surface area contributed by atoms with Gasteiger partial charge in [0, 0.05) is 24.7 Å². The van der Waals surface area contributed by atoms with Gasteiger partial charge in [-0.25, -0.2) is 9.97 Å². The number of thioether (sulfide) groups is 1. The summed E-state index contributed by atoms with van der Waals surface area (Å²) in [5, 5.41) is 1.06. The van der Waals surface area contributed by atoms with Crippen LogP contribution >= 0.6 is 27.7 Å². The Bertz CT molecular complexity index is 550. The zero-order valence-corrected chi connectivity index (χ0v) is 10.8. The van der Waals surface area contributed by atoms with Crippen molar-refractivity contribution in [2.45, 2.75) is 0 Å². The van der Waals surface area contributed by atoms with Crippen molar-refractivity contribution in [2.24, 2.45) is 0 Å². The lowest BCUT2D eigenvalue weighted by Crippen LogP contribution is -2.23. The number of rotatable bonds is 1. The van der Waals surface area contributed by atoms with Gasteiger partial charge in [-0.2, -0.15) is 0 Å². The number of anilines is 1. The number of fused-ring (bicyclic) bond motifs is 1. The van der Waals surface area contributed by atoms with Gasteiger partial charge in [0.1, 0.15) is 17.8 Å². The normalized spacial score (nSPS) is 16.6. The van der Waals surface area contributed by atoms with Gasteiger partial charge in [-0.1, -0.05) is 0 Å². The Labute approximate surface area is 105 Å². The monoisotopic (exact) mass is 296 g/mol. The molecule has 3 rings (SSSR count). The average Bonchev–Trinajstić information content (AvgIpc) is 2.76. The van der Waals surface area contributed by atoms with Crippen molar-refractivity contribution in [3.63, 3.8) is 0 Å². The van der Waals surface area contributed by atoms with Crippen LogP contribution in [0.15, 0.2) is 28.6 Å². The molecule has 3 heterocycles. The fourth-order valence-corrected chi connectivity index (χ4v) is 3.14. The Morgan fingerprint density at radius 1 is 1.44 bits per heavy atom. The van der Waals surface area contributed by atoms with Crippen molar-refractivity contribution < 1.29 is 0 Å². The first-order chi connectivity index (χ1) is 7.84. The molecule has 0 amide bonds. The van der Waals surface area contributed by atoms with Crippen LogP contribution in [0.5, 0.6) is 0 Å². The maximum Gasteiger partial charge on any atom is 0.145 e. The zero-order valence-electron chi connectivity index (χ0n) is 8.35. The maximum atomic E-state index is 4.36. The van der Waals surface area contributed by atoms with E-state index in [0.717, 1.165) is 33.0 Å². The number of aromatic amines is 1. The summed E-state index contributed by atoms with van der Waals surface area (Å²) in [6.45, 7) is 0.969. The quantitative estimate of drug-likeness (QED) is 0.879. The third-order valence-corrected chi connectivity index (χ3v) is 4.09. The standard InChI is InChI=1S/C10H9BrN4S/c11-8-5-15(3-4-16-8)10-7-1-2-12-9(7)13-6-14-10/h1-2,5-6H,3-4H2,(H,12,13,14). The molecule has 0 radical (unpaired) electrons. The lowest BCUT2D eigenvalue weighted by atomic mass is 10.3. The van der Waals surface area contributed by atoms with Crippen LogP contribution in [-0.2, 0) is 0 Å². The van der Waals surface area contributed by atoms with E-state index in [1.54, 1.807) is 6.33 Å². The number of hydrogen-bond acceptors (Lipinski definition) is 4. The minimum Gasteiger partial charge on any atom is -0.346 e. The molecular formula is C10H9BrN4S. The lowest BCUT2D eigenvalue weighted by Gasteiger charge is -2.23. The minimum atomic E-state index is 0.882. The van der Waals surface area contributed by atoms with Gasteiger partial charge in [-0.15, -0.1) is 11.8 Å². The van der Waals surface area contributed by atoms with Crippen molar-refractivity contribution in [1.29, 1.82) is 0 Å². The van der Waals surface area contributed by atoms with Crippen LogP contribution in [0.3, 0.4) is 0 Å². The highest BCUT2D eigenvalue weighted by atomic mass is 79.9. The van der Waals surface area contributed by atoms with Crippen LogP contribution in [0.2, 0.25) is 0 Å². The topological polar surface area (TPSA) is 44.8 Å². The van der Waals surface area contributed by atoms with Gasteiger partial charge >= 0.3 is 0 Å². The molecule has 0 unspecified atom stereocenters. The third-order valence-electron chi connectivity index (χ3n) is 2.43. The van der Waals surface area contributed by atoms with Crippen LogP contribution in [-0.4, -0.2) is 27.2 Å². The molecule has 2 aromatic rings. The molecule has 1 N–H and O–H groups in total. The third kappa shape index (κ3) is 1.72. The predicted molar refractivity (Wildman–Crippen MR) is 70.7 cm³/mol. The Morgan fingerprint density at radius 3 is 3.25 bits per heavy atom. The van der Waals surface area contributed by atoms with Gasteiger partial charge in [0.05, 0.1) is 9.20 Å². The molecule has 1 aliphatic rings. The molecule has 0 saturated heterocycles. The molecule has 6 heteroatoms. The lowest BCUT2D eigenvalue weighted by molar-refractivity contribution is 0.985. The van der Waals surface area contributed by atoms with E-state index in [1.807, 2.05) is 24.0 Å². The first kappa shape index (κ1) is 10.2. The largest absolute Gasteiger partial charge is 0.346 e. The highest BCUT2D eigenvalue weighted by molar-refractivity contribution is 9.14. The molecule has 1 aliphatic heterocycles. The van der Waals surface area contributed by atoms with Crippen molar-refractivity contribution >= 4 is 44.5 Å². The Hall–Kier alpha value is -1.01. The SMILES string of the molecule is BrC1=CN(c2ncnc3[nH]ccc23)CCS1. The van der Waals surface area contributed by atoms with E-state index < -0.39 is 0 Å². The zero-order chi connectivity index (χ0) is 11.0. The Kier molecular flexibility index (Phi) is 2.61. The van der Waals surface area contributed by atoms with E-state index in [4.69, 9.17) is 0 Å². The van der Waals surface area contributed by atoms with Crippen LogP contribution in [0.1, 0.15) is 0 Å². The number of H-pyrrole nitrogens is 1. The molecule has 0 bridgehead atoms. The molecule has 0 fully saturated rings. The van der Waals surface area contributed by atoms with Crippen molar-refractivity contribution in [2.75, 3.05) is 17.2 Å². The maximum absolute atomic E-state index is 4.36. The predicted octanol–water partition coefficient (Wildman–Crippen LogP) is 2.70. The summed E-state index contributed by atoms with van der Waals surface area (Å²) in [6.07, 6.45) is 5.56. The molecule has 82 valence electrons. The molecule has 0 aromatic carbocycles. The van der Waals surface area contributed by atoms with Gasteiger partial charge in [0.15, 0.2) is 0 Å². The molecule has 2 aromatic heterocycles. The van der Waals surface area contributed by atoms with Gasteiger partial charge in [-0.05, 0) is 22.0 Å². The van der Waals surface area contributed by atoms with E-state index in [1.165, 1.54) is 0 Å². The van der Waals surface area contributed by atoms with Gasteiger partial charge in [0.2, 0.25) is 0 Å². The molecule has 0 atom stereocenters. The van der Waals surface area contributed by atoms with Crippen LogP contribution in [0, 0.1) is 0 Å². The minimum absolute atomic E-state index is 0.882. The summed E-state index contributed by atoms with van der Waals surface area (Å²) in [7, 11) is 0. The first-order valence-electron chi connectivity index (χ1n) is 4.89. The van der Waals surface area contributed by atoms with Crippen LogP contribution < -0.4 is 4.90 Å². The molecule has 0 saturated carbocycles. The number of nitrogens with zero attached hydrogens (tertiary/aromatic N) is 3. The summed E-state index contributed by atoms with van der Waals surface area (Å²) in [6, 6.07) is 2.01. The Morgan fingerprint density at radius 2 is 2.38 bits per heavy atom. The van der Waals surface area contributed by atoms with Crippen LogP contribution in [0.4, 0.5) is 5.82 Å². The highest BCUT2D eigenvalue weighted by Gasteiger charge is 2.15. The summed E-state index contributed by atoms with van der Waals surface area (Å²) >= 11 is 5.32. The van der Waals surface area contributed by atoms with Gasteiger partial charge in [-0.3, -0.25) is 0 Å². The van der Waals surface area contributed by atoms with Gasteiger partial charge in [0.25, 0.3) is 0 Å². The second kappa shape index (κ2) is 4.10. The van der Waals surface area contributed by atoms with Gasteiger partial charge < -0.3 is 9.88 Å². The number of aromatic nitrogens is 3. The summed E-state index contributed by atoms with van der Waals surface area (Å²) in [5.74, 6) is 2.02. The van der Waals surface area contributed by atoms with Crippen molar-refractivity contribution in [1.82, 2.24) is 15.0 Å². The highest BCUT2D eigenvalue weighted by Crippen LogP contribution is 2.31. The molecular weight excluding hydrogens is 288 g/mol. The van der Waals surface area contributed by atoms with E-state index in [2.05, 4.69) is 42.0 Å². The van der Waals surface area contributed by atoms with E-state index in [9.17, 15) is 0 Å². The number of nitrogens with one attached hydrogen (secondary N) is 1. The average molecular weight is 297 g/mol. The molecule has 16 heavy (non-hydrogen) atoms. The van der Waals surface area contributed by atoms with Crippen molar-refractivity contribution in [3.8, 4) is 0 Å².